The summed E-state index contributed by atoms with van der Waals surface area (Å²) >= 11 is 0. The fourth-order valence-electron chi connectivity index (χ4n) is 1.99. The van der Waals surface area contributed by atoms with Crippen LogP contribution in [0.5, 0.6) is 0 Å². The first kappa shape index (κ1) is 18.9. The molecule has 0 aromatic heterocycles. The number of rotatable bonds is 14. The van der Waals surface area contributed by atoms with Gasteiger partial charge < -0.3 is 9.79 Å². The predicted molar refractivity (Wildman–Crippen MR) is 79.0 cm³/mol. The maximum absolute atomic E-state index is 10.4. The molecule has 0 radical (unpaired) electrons. The third-order valence-electron chi connectivity index (χ3n) is 3.06. The molecule has 0 unspecified atom stereocenters. The normalized spacial score (nSPS) is 11.7. The van der Waals surface area contributed by atoms with Gasteiger partial charge in [0.05, 0.1) is 6.61 Å². The fourth-order valence-corrected chi connectivity index (χ4v) is 2.36. The number of unbranched alkanes of at least 4 members (excludes halogenated alkanes) is 10. The lowest BCUT2D eigenvalue weighted by atomic mass is 10.1. The first-order valence-corrected chi connectivity index (χ1v) is 8.90. The molecule has 0 aromatic rings. The van der Waals surface area contributed by atoms with Crippen LogP contribution in [-0.2, 0) is 9.09 Å². The van der Waals surface area contributed by atoms with Crippen molar-refractivity contribution in [1.82, 2.24) is 0 Å². The molecular weight excluding hydrogens is 263 g/mol. The Labute approximate surface area is 117 Å². The highest BCUT2D eigenvalue weighted by Crippen LogP contribution is 2.35. The van der Waals surface area contributed by atoms with Crippen molar-refractivity contribution < 1.29 is 18.9 Å². The molecule has 0 aromatic carbocycles. The van der Waals surface area contributed by atoms with Crippen LogP contribution in [0.15, 0.2) is 12.7 Å². The molecule has 0 atom stereocenters. The van der Waals surface area contributed by atoms with Gasteiger partial charge in [0.25, 0.3) is 0 Å². The van der Waals surface area contributed by atoms with Crippen molar-refractivity contribution in [2.24, 2.45) is 0 Å². The standard InChI is InChI=1S/C14H29O4P/c1-2-3-4-5-6-7-8-9-10-11-12-13-14-18-19(15,16)17/h2H,1,3-14H2,(H2,15,16,17). The van der Waals surface area contributed by atoms with Crippen LogP contribution in [0.3, 0.4) is 0 Å². The van der Waals surface area contributed by atoms with Gasteiger partial charge in [0, 0.05) is 0 Å². The lowest BCUT2D eigenvalue weighted by Crippen LogP contribution is -1.92. The first-order valence-electron chi connectivity index (χ1n) is 7.37. The van der Waals surface area contributed by atoms with Crippen molar-refractivity contribution in [3.8, 4) is 0 Å². The topological polar surface area (TPSA) is 66.8 Å². The molecule has 5 heteroatoms. The zero-order valence-electron chi connectivity index (χ0n) is 11.9. The maximum Gasteiger partial charge on any atom is 0.469 e. The van der Waals surface area contributed by atoms with Gasteiger partial charge in [0.2, 0.25) is 0 Å². The van der Waals surface area contributed by atoms with Gasteiger partial charge in [-0.2, -0.15) is 0 Å². The maximum atomic E-state index is 10.4. The van der Waals surface area contributed by atoms with E-state index in [-0.39, 0.29) is 6.61 Å². The summed E-state index contributed by atoms with van der Waals surface area (Å²) in [5, 5.41) is 0. The van der Waals surface area contributed by atoms with Crippen molar-refractivity contribution >= 4 is 7.82 Å². The Morgan fingerprint density at radius 1 is 0.842 bits per heavy atom. The Morgan fingerprint density at radius 2 is 1.26 bits per heavy atom. The number of hydrogen-bond acceptors (Lipinski definition) is 2. The van der Waals surface area contributed by atoms with Crippen molar-refractivity contribution in [1.29, 1.82) is 0 Å². The monoisotopic (exact) mass is 292 g/mol. The number of phosphoric acid groups is 1. The Morgan fingerprint density at radius 3 is 1.68 bits per heavy atom. The van der Waals surface area contributed by atoms with Crippen LogP contribution in [0.25, 0.3) is 0 Å². The van der Waals surface area contributed by atoms with Gasteiger partial charge in [-0.15, -0.1) is 6.58 Å². The van der Waals surface area contributed by atoms with E-state index in [0.717, 1.165) is 25.7 Å². The van der Waals surface area contributed by atoms with Gasteiger partial charge in [-0.3, -0.25) is 4.52 Å². The molecule has 4 nitrogen and oxygen atoms in total. The molecule has 0 bridgehead atoms. The van der Waals surface area contributed by atoms with E-state index in [0.29, 0.717) is 0 Å². The average molecular weight is 292 g/mol. The molecule has 0 amide bonds. The summed E-state index contributed by atoms with van der Waals surface area (Å²) in [4.78, 5) is 17.0. The molecule has 0 saturated carbocycles. The minimum absolute atomic E-state index is 0.160. The van der Waals surface area contributed by atoms with Crippen molar-refractivity contribution in [3.63, 3.8) is 0 Å². The highest BCUT2D eigenvalue weighted by Gasteiger charge is 2.12. The van der Waals surface area contributed by atoms with E-state index in [1.165, 1.54) is 44.9 Å². The average Bonchev–Trinajstić information content (AvgIpc) is 2.34. The summed E-state index contributed by atoms with van der Waals surface area (Å²) in [5.74, 6) is 0. The van der Waals surface area contributed by atoms with Crippen LogP contribution in [0, 0.1) is 0 Å². The number of hydrogen-bond donors (Lipinski definition) is 2. The van der Waals surface area contributed by atoms with Gasteiger partial charge in [-0.1, -0.05) is 57.4 Å². The van der Waals surface area contributed by atoms with Crippen LogP contribution in [0.2, 0.25) is 0 Å². The molecule has 0 fully saturated rings. The summed E-state index contributed by atoms with van der Waals surface area (Å²) < 4.78 is 14.8. The highest BCUT2D eigenvalue weighted by atomic mass is 31.2. The first-order chi connectivity index (χ1) is 9.06. The SMILES string of the molecule is C=CCCCCCCCCCCCCOP(=O)(O)O. The van der Waals surface area contributed by atoms with Crippen LogP contribution in [-0.4, -0.2) is 16.4 Å². The Balaban J connectivity index is 3.03. The highest BCUT2D eigenvalue weighted by molar-refractivity contribution is 7.46. The minimum atomic E-state index is -4.25. The second-order valence-corrected chi connectivity index (χ2v) is 6.18. The fraction of sp³-hybridized carbons (Fsp3) is 0.857. The van der Waals surface area contributed by atoms with Crippen molar-refractivity contribution in [2.75, 3.05) is 6.61 Å². The van der Waals surface area contributed by atoms with Crippen molar-refractivity contribution in [3.05, 3.63) is 12.7 Å². The summed E-state index contributed by atoms with van der Waals surface area (Å²) in [5.41, 5.74) is 0. The summed E-state index contributed by atoms with van der Waals surface area (Å²) in [6, 6.07) is 0. The van der Waals surface area contributed by atoms with E-state index in [9.17, 15) is 4.57 Å². The lowest BCUT2D eigenvalue weighted by Gasteiger charge is -2.05. The van der Waals surface area contributed by atoms with E-state index in [4.69, 9.17) is 9.79 Å². The molecular formula is C14H29O4P. The molecule has 114 valence electrons. The van der Waals surface area contributed by atoms with E-state index in [1.807, 2.05) is 6.08 Å². The second kappa shape index (κ2) is 12.9. The third kappa shape index (κ3) is 17.9. The molecule has 0 aliphatic heterocycles. The van der Waals surface area contributed by atoms with E-state index < -0.39 is 7.82 Å². The molecule has 0 spiro atoms. The summed E-state index contributed by atoms with van der Waals surface area (Å²) in [7, 11) is -4.25. The molecule has 0 aliphatic carbocycles. The zero-order chi connectivity index (χ0) is 14.4. The molecule has 0 aliphatic rings. The summed E-state index contributed by atoms with van der Waals surface area (Å²) in [6.07, 6.45) is 15.0. The molecule has 0 rings (SSSR count). The Kier molecular flexibility index (Phi) is 12.8. The van der Waals surface area contributed by atoms with E-state index >= 15 is 0 Å². The van der Waals surface area contributed by atoms with E-state index in [2.05, 4.69) is 11.1 Å². The van der Waals surface area contributed by atoms with Crippen LogP contribution in [0.1, 0.15) is 70.6 Å². The van der Waals surface area contributed by atoms with Gasteiger partial charge in [0.15, 0.2) is 0 Å². The Hall–Kier alpha value is -0.150. The molecule has 2 N–H and O–H groups in total. The predicted octanol–water partition coefficient (Wildman–Crippen LogP) is 4.57. The van der Waals surface area contributed by atoms with E-state index in [1.54, 1.807) is 0 Å². The second-order valence-electron chi connectivity index (χ2n) is 4.94. The largest absolute Gasteiger partial charge is 0.469 e. The molecule has 0 heterocycles. The van der Waals surface area contributed by atoms with Crippen LogP contribution < -0.4 is 0 Å². The van der Waals surface area contributed by atoms with Gasteiger partial charge >= 0.3 is 7.82 Å². The van der Waals surface area contributed by atoms with Gasteiger partial charge in [-0.05, 0) is 19.3 Å². The van der Waals surface area contributed by atoms with Crippen LogP contribution >= 0.6 is 7.82 Å². The number of phosphoric ester groups is 1. The Bertz CT molecular complexity index is 250. The van der Waals surface area contributed by atoms with Crippen LogP contribution in [0.4, 0.5) is 0 Å². The van der Waals surface area contributed by atoms with Gasteiger partial charge in [0.1, 0.15) is 0 Å². The quantitative estimate of drug-likeness (QED) is 0.279. The smallest absolute Gasteiger partial charge is 0.303 e. The number of allylic oxidation sites excluding steroid dienone is 1. The molecule has 19 heavy (non-hydrogen) atoms. The zero-order valence-corrected chi connectivity index (χ0v) is 12.8. The third-order valence-corrected chi connectivity index (χ3v) is 3.58. The summed E-state index contributed by atoms with van der Waals surface area (Å²) in [6.45, 7) is 3.87. The lowest BCUT2D eigenvalue weighted by molar-refractivity contribution is 0.193. The van der Waals surface area contributed by atoms with Gasteiger partial charge in [-0.25, -0.2) is 4.57 Å². The molecule has 0 saturated heterocycles. The minimum Gasteiger partial charge on any atom is -0.303 e. The van der Waals surface area contributed by atoms with Crippen molar-refractivity contribution in [2.45, 2.75) is 70.6 Å².